The van der Waals surface area contributed by atoms with E-state index in [-0.39, 0.29) is 24.0 Å². The van der Waals surface area contributed by atoms with Crippen LogP contribution in [0.5, 0.6) is 0 Å². The van der Waals surface area contributed by atoms with E-state index in [1.807, 2.05) is 37.6 Å². The number of hydrogen-bond donors (Lipinski definition) is 1. The number of nitrogens with one attached hydrogen (secondary N) is 1. The molecule has 0 bridgehead atoms. The third kappa shape index (κ3) is 8.76. The molecule has 0 aliphatic carbocycles. The average Bonchev–Trinajstić information content (AvgIpc) is 3.30. The van der Waals surface area contributed by atoms with Crippen molar-refractivity contribution in [3.8, 4) is 0 Å². The maximum atomic E-state index is 15.2. The summed E-state index contributed by atoms with van der Waals surface area (Å²) in [5.74, 6) is 1.29. The summed E-state index contributed by atoms with van der Waals surface area (Å²) in [5.41, 5.74) is 2.13. The molecule has 9 heteroatoms. The first-order valence-corrected chi connectivity index (χ1v) is 14.4. The van der Waals surface area contributed by atoms with Crippen LogP contribution >= 0.6 is 0 Å². The number of pyridine rings is 1. The molecule has 1 saturated heterocycles. The number of aryl methyl sites for hydroxylation is 1. The normalized spacial score (nSPS) is 17.4. The van der Waals surface area contributed by atoms with Crippen LogP contribution in [0, 0.1) is 12.8 Å². The molecule has 2 aromatic heterocycles. The Balaban J connectivity index is 1.79. The molecule has 1 N–H and O–H groups in total. The lowest BCUT2D eigenvalue weighted by Crippen LogP contribution is -2.39. The Morgan fingerprint density at radius 2 is 1.80 bits per heavy atom. The summed E-state index contributed by atoms with van der Waals surface area (Å²) in [6.45, 7) is 19.7. The molecule has 0 spiro atoms. The SMILES string of the molecule is C=N\C=C(F)/C(=N\CNc1ccc(C(C)C2CCN(C(C)C)CC2)cn1)C(=C\c1cnc(C)n1C(C)C)/C=C(\C)F. The first-order valence-electron chi connectivity index (χ1n) is 14.4. The Kier molecular flexibility index (Phi) is 11.7. The molecular weight excluding hydrogens is 520 g/mol. The van der Waals surface area contributed by atoms with Gasteiger partial charge in [0.2, 0.25) is 0 Å². The summed E-state index contributed by atoms with van der Waals surface area (Å²) in [4.78, 5) is 19.5. The lowest BCUT2D eigenvalue weighted by Gasteiger charge is -2.37. The summed E-state index contributed by atoms with van der Waals surface area (Å²) in [6.07, 6.45) is 9.87. The highest BCUT2D eigenvalue weighted by atomic mass is 19.1. The fourth-order valence-corrected chi connectivity index (χ4v) is 5.43. The first-order chi connectivity index (χ1) is 19.5. The van der Waals surface area contributed by atoms with Gasteiger partial charge >= 0.3 is 0 Å². The fraction of sp³-hybridized carbons (Fsp3) is 0.500. The van der Waals surface area contributed by atoms with E-state index in [2.05, 4.69) is 63.7 Å². The predicted molar refractivity (Wildman–Crippen MR) is 167 cm³/mol. The second-order valence-corrected chi connectivity index (χ2v) is 11.3. The van der Waals surface area contributed by atoms with E-state index < -0.39 is 11.7 Å². The largest absolute Gasteiger partial charge is 0.351 e. The number of rotatable bonds is 12. The van der Waals surface area contributed by atoms with Crippen molar-refractivity contribution < 1.29 is 8.78 Å². The number of aromatic nitrogens is 3. The molecule has 3 rings (SSSR count). The van der Waals surface area contributed by atoms with Crippen LogP contribution in [0.1, 0.15) is 83.4 Å². The van der Waals surface area contributed by atoms with Gasteiger partial charge in [0.25, 0.3) is 0 Å². The number of aliphatic imine (C=N–C) groups is 2. The first kappa shape index (κ1) is 32.1. The molecule has 0 saturated carbocycles. The number of piperidine rings is 1. The van der Waals surface area contributed by atoms with Crippen LogP contribution in [0.2, 0.25) is 0 Å². The van der Waals surface area contributed by atoms with E-state index in [1.165, 1.54) is 31.4 Å². The van der Waals surface area contributed by atoms with Gasteiger partial charge in [0.1, 0.15) is 24.0 Å². The van der Waals surface area contributed by atoms with Gasteiger partial charge in [0, 0.05) is 23.9 Å². The van der Waals surface area contributed by atoms with Gasteiger partial charge in [0.05, 0.1) is 23.9 Å². The third-order valence-electron chi connectivity index (χ3n) is 7.71. The third-order valence-corrected chi connectivity index (χ3v) is 7.71. The second-order valence-electron chi connectivity index (χ2n) is 11.3. The molecule has 2 aromatic rings. The summed E-state index contributed by atoms with van der Waals surface area (Å²) in [7, 11) is 0. The zero-order chi connectivity index (χ0) is 30.1. The van der Waals surface area contributed by atoms with E-state index in [9.17, 15) is 4.39 Å². The van der Waals surface area contributed by atoms with E-state index in [0.29, 0.717) is 29.4 Å². The summed E-state index contributed by atoms with van der Waals surface area (Å²) >= 11 is 0. The molecule has 222 valence electrons. The highest BCUT2D eigenvalue weighted by molar-refractivity contribution is 6.15. The van der Waals surface area contributed by atoms with Crippen molar-refractivity contribution in [2.45, 2.75) is 79.3 Å². The number of imidazole rings is 1. The van der Waals surface area contributed by atoms with Crippen molar-refractivity contribution in [2.24, 2.45) is 15.9 Å². The minimum absolute atomic E-state index is 0.0300. The Bertz CT molecular complexity index is 1270. The van der Waals surface area contributed by atoms with Crippen molar-refractivity contribution in [3.63, 3.8) is 0 Å². The number of anilines is 1. The molecule has 0 amide bonds. The molecule has 0 radical (unpaired) electrons. The van der Waals surface area contributed by atoms with E-state index in [0.717, 1.165) is 25.1 Å². The van der Waals surface area contributed by atoms with Gasteiger partial charge in [-0.3, -0.25) is 9.98 Å². The maximum Gasteiger partial charge on any atom is 0.167 e. The Labute approximate surface area is 243 Å². The van der Waals surface area contributed by atoms with Crippen LogP contribution in [-0.2, 0) is 0 Å². The molecule has 1 fully saturated rings. The van der Waals surface area contributed by atoms with Crippen LogP contribution < -0.4 is 5.32 Å². The Hall–Kier alpha value is -3.46. The number of allylic oxidation sites excluding steroid dienone is 4. The Morgan fingerprint density at radius 1 is 1.10 bits per heavy atom. The highest BCUT2D eigenvalue weighted by Crippen LogP contribution is 2.33. The second kappa shape index (κ2) is 15.0. The quantitative estimate of drug-likeness (QED) is 0.212. The van der Waals surface area contributed by atoms with Gasteiger partial charge in [-0.25, -0.2) is 18.7 Å². The monoisotopic (exact) mass is 565 g/mol. The lowest BCUT2D eigenvalue weighted by molar-refractivity contribution is 0.139. The van der Waals surface area contributed by atoms with Crippen LogP contribution in [0.15, 0.2) is 64.0 Å². The molecule has 1 atom stereocenters. The molecule has 0 aromatic carbocycles. The summed E-state index contributed by atoms with van der Waals surface area (Å²) in [5, 5.41) is 3.14. The number of nitrogens with zero attached hydrogens (tertiary/aromatic N) is 6. The molecular formula is C32H45F2N7. The van der Waals surface area contributed by atoms with Gasteiger partial charge in [-0.2, -0.15) is 0 Å². The molecule has 7 nitrogen and oxygen atoms in total. The molecule has 41 heavy (non-hydrogen) atoms. The van der Waals surface area contributed by atoms with E-state index >= 15 is 4.39 Å². The smallest absolute Gasteiger partial charge is 0.167 e. The summed E-state index contributed by atoms with van der Waals surface area (Å²) in [6, 6.07) is 4.73. The number of likely N-dealkylation sites (tertiary alicyclic amines) is 1. The van der Waals surface area contributed by atoms with Crippen LogP contribution in [-0.4, -0.2) is 57.7 Å². The Morgan fingerprint density at radius 3 is 2.37 bits per heavy atom. The standard InChI is InChI=1S/C32H45F2N7/c1-21(2)40-13-11-26(12-14-40)24(6)27-9-10-31(37-17-27)38-20-39-32(30(34)19-35-8)28(15-23(5)33)16-29-18-36-25(7)41(29)22(3)4/h9-10,15-19,21-22,24,26H,8,11-14,20H2,1-7H3,(H,37,38)/b23-15+,28-16-,30-19+,39-32-. The predicted octanol–water partition coefficient (Wildman–Crippen LogP) is 7.67. The van der Waals surface area contributed by atoms with Gasteiger partial charge in [-0.15, -0.1) is 0 Å². The maximum absolute atomic E-state index is 15.2. The van der Waals surface area contributed by atoms with Gasteiger partial charge in [-0.1, -0.05) is 13.0 Å². The number of halogens is 2. The van der Waals surface area contributed by atoms with Crippen molar-refractivity contribution in [1.29, 1.82) is 0 Å². The lowest BCUT2D eigenvalue weighted by atomic mass is 9.81. The minimum Gasteiger partial charge on any atom is -0.351 e. The van der Waals surface area contributed by atoms with Crippen LogP contribution in [0.3, 0.4) is 0 Å². The van der Waals surface area contributed by atoms with Crippen LogP contribution in [0.25, 0.3) is 6.08 Å². The molecule has 1 aliphatic rings. The van der Waals surface area contributed by atoms with Gasteiger partial charge < -0.3 is 14.8 Å². The fourth-order valence-electron chi connectivity index (χ4n) is 5.43. The average molecular weight is 566 g/mol. The van der Waals surface area contributed by atoms with Crippen molar-refractivity contribution in [2.75, 3.05) is 25.1 Å². The van der Waals surface area contributed by atoms with E-state index in [1.54, 1.807) is 12.3 Å². The highest BCUT2D eigenvalue weighted by Gasteiger charge is 2.26. The van der Waals surface area contributed by atoms with Gasteiger partial charge in [0.15, 0.2) is 5.83 Å². The molecule has 1 unspecified atom stereocenters. The topological polar surface area (TPSA) is 70.7 Å². The number of hydrogen-bond acceptors (Lipinski definition) is 6. The molecule has 1 aliphatic heterocycles. The van der Waals surface area contributed by atoms with E-state index in [4.69, 9.17) is 0 Å². The van der Waals surface area contributed by atoms with Crippen LogP contribution in [0.4, 0.5) is 14.6 Å². The van der Waals surface area contributed by atoms with Crippen molar-refractivity contribution in [1.82, 2.24) is 19.4 Å². The zero-order valence-electron chi connectivity index (χ0n) is 25.5. The van der Waals surface area contributed by atoms with Crippen molar-refractivity contribution in [3.05, 3.63) is 71.1 Å². The minimum atomic E-state index is -0.724. The molecule has 3 heterocycles. The van der Waals surface area contributed by atoms with Crippen molar-refractivity contribution >= 4 is 24.3 Å². The van der Waals surface area contributed by atoms with Gasteiger partial charge in [-0.05, 0) is 110 Å². The summed E-state index contributed by atoms with van der Waals surface area (Å²) < 4.78 is 31.3. The zero-order valence-corrected chi connectivity index (χ0v) is 25.5.